The molecule has 2 aromatic carbocycles. The summed E-state index contributed by atoms with van der Waals surface area (Å²) in [6, 6.07) is 10.3. The van der Waals surface area contributed by atoms with Crippen LogP contribution >= 0.6 is 0 Å². The van der Waals surface area contributed by atoms with Crippen LogP contribution in [0, 0.1) is 30.3 Å². The molecule has 0 radical (unpaired) electrons. The van der Waals surface area contributed by atoms with Crippen molar-refractivity contribution in [2.45, 2.75) is 5.79 Å². The highest BCUT2D eigenvalue weighted by atomic mass is 16.7. The van der Waals surface area contributed by atoms with Gasteiger partial charge in [0.2, 0.25) is 5.56 Å². The van der Waals surface area contributed by atoms with E-state index in [1.165, 1.54) is 42.5 Å². The van der Waals surface area contributed by atoms with E-state index in [0.717, 1.165) is 6.07 Å². The van der Waals surface area contributed by atoms with Crippen LogP contribution in [0.1, 0.15) is 5.56 Å². The Morgan fingerprint density at radius 1 is 0.739 bits per heavy atom. The fourth-order valence-corrected chi connectivity index (χ4v) is 2.21. The van der Waals surface area contributed by atoms with Crippen molar-refractivity contribution in [1.29, 1.82) is 0 Å². The van der Waals surface area contributed by atoms with Gasteiger partial charge in [0.25, 0.3) is 0 Å². The molecule has 0 spiro atoms. The Morgan fingerprint density at radius 3 is 1.65 bits per heavy atom. The zero-order valence-electron chi connectivity index (χ0n) is 11.4. The number of hydrogen-bond donors (Lipinski definition) is 1. The lowest BCUT2D eigenvalue weighted by Crippen LogP contribution is -2.50. The number of phenolic OH excluding ortho intramolecular Hbond substituents is 1. The number of phenols is 1. The smallest absolute Gasteiger partial charge is 0.507 e. The number of nitro groups is 3. The first-order chi connectivity index (χ1) is 10.8. The number of aromatic hydroxyl groups is 1. The van der Waals surface area contributed by atoms with Crippen LogP contribution in [0.25, 0.3) is 11.1 Å². The van der Waals surface area contributed by atoms with Crippen molar-refractivity contribution in [3.63, 3.8) is 0 Å². The molecule has 1 N–H and O–H groups in total. The highest BCUT2D eigenvalue weighted by Crippen LogP contribution is 2.38. The number of benzene rings is 2. The van der Waals surface area contributed by atoms with Crippen molar-refractivity contribution in [3.05, 3.63) is 84.4 Å². The molecule has 23 heavy (non-hydrogen) atoms. The SMILES string of the molecule is O=[N+]([O-])C(c1ccccc1-c1ccccc1O)([N+](=O)[O-])[N+](=O)[O-]. The molecule has 0 amide bonds. The molecule has 0 saturated carbocycles. The van der Waals surface area contributed by atoms with E-state index in [4.69, 9.17) is 0 Å². The third kappa shape index (κ3) is 2.31. The van der Waals surface area contributed by atoms with Crippen molar-refractivity contribution in [3.8, 4) is 16.9 Å². The van der Waals surface area contributed by atoms with E-state index in [1.54, 1.807) is 0 Å². The van der Waals surface area contributed by atoms with Gasteiger partial charge in [-0.2, -0.15) is 0 Å². The van der Waals surface area contributed by atoms with Gasteiger partial charge in [0.05, 0.1) is 0 Å². The lowest BCUT2D eigenvalue weighted by Gasteiger charge is -2.13. The normalized spacial score (nSPS) is 11.0. The van der Waals surface area contributed by atoms with E-state index in [1.807, 2.05) is 0 Å². The summed E-state index contributed by atoms with van der Waals surface area (Å²) in [5.41, 5.74) is -0.907. The summed E-state index contributed by atoms with van der Waals surface area (Å²) in [4.78, 5) is 29.0. The molecular formula is C13H9N3O7. The lowest BCUT2D eigenvalue weighted by atomic mass is 9.95. The maximum atomic E-state index is 11.2. The lowest BCUT2D eigenvalue weighted by molar-refractivity contribution is -0.985. The van der Waals surface area contributed by atoms with Gasteiger partial charge in [-0.1, -0.05) is 36.4 Å². The molecule has 0 aliphatic carbocycles. The van der Waals surface area contributed by atoms with E-state index in [-0.39, 0.29) is 16.9 Å². The van der Waals surface area contributed by atoms with Crippen LogP contribution in [-0.2, 0) is 5.79 Å². The van der Waals surface area contributed by atoms with E-state index >= 15 is 0 Å². The molecule has 0 unspecified atom stereocenters. The van der Waals surface area contributed by atoms with Crippen LogP contribution < -0.4 is 0 Å². The Labute approximate surface area is 128 Å². The molecule has 10 heteroatoms. The minimum Gasteiger partial charge on any atom is -0.507 e. The average Bonchev–Trinajstić information content (AvgIpc) is 2.48. The molecule has 2 rings (SSSR count). The first-order valence-corrected chi connectivity index (χ1v) is 6.14. The zero-order valence-corrected chi connectivity index (χ0v) is 11.4. The predicted octanol–water partition coefficient (Wildman–Crippen LogP) is 2.00. The van der Waals surface area contributed by atoms with Crippen LogP contribution in [0.3, 0.4) is 0 Å². The van der Waals surface area contributed by atoms with E-state index in [2.05, 4.69) is 0 Å². The second kappa shape index (κ2) is 5.67. The standard InChI is InChI=1S/C13H9N3O7/c17-12-8-4-2-6-10(12)9-5-1-3-7-11(9)13(14(18)19,15(20)21)16(22)23/h1-8,17H. The van der Waals surface area contributed by atoms with Crippen LogP contribution in [0.2, 0.25) is 0 Å². The summed E-state index contributed by atoms with van der Waals surface area (Å²) in [5, 5.41) is 43.6. The Morgan fingerprint density at radius 2 is 1.17 bits per heavy atom. The summed E-state index contributed by atoms with van der Waals surface area (Å²) in [6.07, 6.45) is 0. The molecule has 0 saturated heterocycles. The second-order valence-electron chi connectivity index (χ2n) is 4.47. The van der Waals surface area contributed by atoms with Gasteiger partial charge in [-0.05, 0) is 12.1 Å². The summed E-state index contributed by atoms with van der Waals surface area (Å²) < 4.78 is 0. The third-order valence-corrected chi connectivity index (χ3v) is 3.25. The molecule has 0 aliphatic rings. The summed E-state index contributed by atoms with van der Waals surface area (Å²) >= 11 is 0. The average molecular weight is 319 g/mol. The molecule has 0 bridgehead atoms. The summed E-state index contributed by atoms with van der Waals surface area (Å²) in [6.45, 7) is 0. The van der Waals surface area contributed by atoms with Crippen LogP contribution in [0.5, 0.6) is 5.75 Å². The molecule has 10 nitrogen and oxygen atoms in total. The minimum absolute atomic E-state index is 0.0121. The van der Waals surface area contributed by atoms with Gasteiger partial charge in [-0.15, -0.1) is 0 Å². The minimum atomic E-state index is -3.77. The van der Waals surface area contributed by atoms with Crippen molar-refractivity contribution in [2.75, 3.05) is 0 Å². The number of para-hydroxylation sites is 1. The zero-order chi connectivity index (χ0) is 17.2. The Hall–Kier alpha value is -3.56. The van der Waals surface area contributed by atoms with Crippen molar-refractivity contribution >= 4 is 0 Å². The number of rotatable bonds is 5. The molecule has 0 atom stereocenters. The Bertz CT molecular complexity index is 770. The van der Waals surface area contributed by atoms with Gasteiger partial charge in [0, 0.05) is 11.1 Å². The first kappa shape index (κ1) is 15.8. The maximum absolute atomic E-state index is 11.2. The van der Waals surface area contributed by atoms with Gasteiger partial charge in [0.1, 0.15) is 5.75 Å². The van der Waals surface area contributed by atoms with Crippen molar-refractivity contribution in [1.82, 2.24) is 0 Å². The van der Waals surface area contributed by atoms with E-state index in [0.29, 0.717) is 0 Å². The van der Waals surface area contributed by atoms with Gasteiger partial charge < -0.3 is 5.11 Å². The number of hydrogen-bond acceptors (Lipinski definition) is 7. The number of nitrogens with zero attached hydrogens (tertiary/aromatic N) is 3. The highest BCUT2D eigenvalue weighted by Gasteiger charge is 2.73. The van der Waals surface area contributed by atoms with Gasteiger partial charge in [0.15, 0.2) is 14.8 Å². The molecule has 0 aromatic heterocycles. The Balaban J connectivity index is 2.88. The second-order valence-corrected chi connectivity index (χ2v) is 4.47. The molecule has 0 aliphatic heterocycles. The highest BCUT2D eigenvalue weighted by molar-refractivity contribution is 5.73. The summed E-state index contributed by atoms with van der Waals surface area (Å²) in [7, 11) is 0. The van der Waals surface area contributed by atoms with E-state index < -0.39 is 26.1 Å². The largest absolute Gasteiger partial charge is 0.729 e. The van der Waals surface area contributed by atoms with Gasteiger partial charge in [-0.3, -0.25) is 30.3 Å². The van der Waals surface area contributed by atoms with Crippen LogP contribution in [0.15, 0.2) is 48.5 Å². The molecular weight excluding hydrogens is 310 g/mol. The first-order valence-electron chi connectivity index (χ1n) is 6.14. The fraction of sp³-hybridized carbons (Fsp3) is 0.0769. The molecule has 0 heterocycles. The Kier molecular flexibility index (Phi) is 3.90. The monoisotopic (exact) mass is 319 g/mol. The maximum Gasteiger partial charge on any atom is 0.729 e. The van der Waals surface area contributed by atoms with Crippen molar-refractivity contribution in [2.24, 2.45) is 0 Å². The molecule has 118 valence electrons. The predicted molar refractivity (Wildman–Crippen MR) is 76.2 cm³/mol. The topological polar surface area (TPSA) is 150 Å². The quantitative estimate of drug-likeness (QED) is 0.503. The fourth-order valence-electron chi connectivity index (χ4n) is 2.21. The van der Waals surface area contributed by atoms with Crippen LogP contribution in [-0.4, -0.2) is 19.9 Å². The third-order valence-electron chi connectivity index (χ3n) is 3.25. The summed E-state index contributed by atoms with van der Waals surface area (Å²) in [5.74, 6) is -4.08. The molecule has 2 aromatic rings. The van der Waals surface area contributed by atoms with Gasteiger partial charge >= 0.3 is 5.79 Å². The van der Waals surface area contributed by atoms with Crippen molar-refractivity contribution < 1.29 is 19.9 Å². The van der Waals surface area contributed by atoms with Gasteiger partial charge in [-0.25, -0.2) is 0 Å². The van der Waals surface area contributed by atoms with Crippen LogP contribution in [0.4, 0.5) is 0 Å². The van der Waals surface area contributed by atoms with E-state index in [9.17, 15) is 35.4 Å². The molecule has 0 fully saturated rings.